The van der Waals surface area contributed by atoms with E-state index in [4.69, 9.17) is 4.74 Å². The van der Waals surface area contributed by atoms with Gasteiger partial charge < -0.3 is 4.74 Å². The van der Waals surface area contributed by atoms with Crippen LogP contribution in [0.2, 0.25) is 0 Å². The van der Waals surface area contributed by atoms with Gasteiger partial charge in [-0.05, 0) is 138 Å². The van der Waals surface area contributed by atoms with E-state index in [9.17, 15) is 8.78 Å². The van der Waals surface area contributed by atoms with Crippen molar-refractivity contribution < 1.29 is 13.5 Å². The molecular weight excluding hydrogens is 402 g/mol. The van der Waals surface area contributed by atoms with Gasteiger partial charge in [-0.1, -0.05) is 12.2 Å². The summed E-state index contributed by atoms with van der Waals surface area (Å²) < 4.78 is 35.2. The van der Waals surface area contributed by atoms with Gasteiger partial charge in [0.15, 0.2) is 0 Å². The molecule has 4 atom stereocenters. The van der Waals surface area contributed by atoms with E-state index in [-0.39, 0.29) is 17.2 Å². The van der Waals surface area contributed by atoms with Crippen molar-refractivity contribution in [1.82, 2.24) is 0 Å². The Balaban J connectivity index is 1.32. The fourth-order valence-corrected chi connectivity index (χ4v) is 7.11. The Morgan fingerprint density at radius 3 is 2.09 bits per heavy atom. The lowest BCUT2D eigenvalue weighted by molar-refractivity contribution is 0.00583. The Hall–Kier alpha value is -1.22. The third-order valence-corrected chi connectivity index (χ3v) is 8.87. The van der Waals surface area contributed by atoms with Crippen LogP contribution in [0, 0.1) is 35.3 Å². The highest BCUT2D eigenvalue weighted by molar-refractivity contribution is 5.29. The first kappa shape index (κ1) is 23.9. The van der Waals surface area contributed by atoms with Gasteiger partial charge in [0.05, 0.1) is 6.10 Å². The van der Waals surface area contributed by atoms with Gasteiger partial charge in [0.25, 0.3) is 0 Å². The molecule has 1 aromatic rings. The SMILES string of the molecule is C/C=C/CCc1c(F)cc(C2CCC3CC(C4CCC(OCC)CC4)CCC3C2)cc1F. The number of hydrogen-bond donors (Lipinski definition) is 0. The van der Waals surface area contributed by atoms with E-state index < -0.39 is 0 Å². The summed E-state index contributed by atoms with van der Waals surface area (Å²) >= 11 is 0. The van der Waals surface area contributed by atoms with E-state index in [1.54, 1.807) is 12.1 Å². The molecule has 3 aliphatic rings. The molecule has 0 aliphatic heterocycles. The molecule has 4 rings (SSSR count). The number of rotatable bonds is 7. The largest absolute Gasteiger partial charge is 0.379 e. The molecule has 0 bridgehead atoms. The Labute approximate surface area is 194 Å². The van der Waals surface area contributed by atoms with Gasteiger partial charge >= 0.3 is 0 Å². The molecule has 1 aromatic carbocycles. The number of halogens is 2. The van der Waals surface area contributed by atoms with Crippen molar-refractivity contribution in [2.45, 2.75) is 103 Å². The first-order chi connectivity index (χ1) is 15.6. The summed E-state index contributed by atoms with van der Waals surface area (Å²) in [6.45, 7) is 4.88. The van der Waals surface area contributed by atoms with E-state index in [1.165, 1.54) is 51.4 Å². The zero-order valence-corrected chi connectivity index (χ0v) is 20.1. The second-order valence-electron chi connectivity index (χ2n) is 10.7. The van der Waals surface area contributed by atoms with Crippen molar-refractivity contribution in [2.75, 3.05) is 6.61 Å². The Kier molecular flexibility index (Phi) is 8.43. The number of hydrogen-bond acceptors (Lipinski definition) is 1. The molecule has 0 spiro atoms. The molecule has 3 fully saturated rings. The molecule has 0 radical (unpaired) electrons. The summed E-state index contributed by atoms with van der Waals surface area (Å²) in [5.41, 5.74) is 1.14. The maximum absolute atomic E-state index is 14.7. The lowest BCUT2D eigenvalue weighted by atomic mass is 9.60. The number of ether oxygens (including phenoxy) is 1. The fraction of sp³-hybridized carbons (Fsp3) is 0.724. The standard InChI is InChI=1S/C29H42F2O/c1-3-5-6-7-27-28(30)18-25(19-29(27)31)24-11-10-22-16-21(8-9-23(22)17-24)20-12-14-26(15-13-20)32-4-2/h3,5,18-24,26H,4,6-17H2,1-2H3/b5-3+. The quantitative estimate of drug-likeness (QED) is 0.384. The van der Waals surface area contributed by atoms with Crippen LogP contribution in [0.1, 0.15) is 102 Å². The zero-order valence-electron chi connectivity index (χ0n) is 20.1. The van der Waals surface area contributed by atoms with Crippen LogP contribution in [0.5, 0.6) is 0 Å². The molecule has 32 heavy (non-hydrogen) atoms. The minimum absolute atomic E-state index is 0.250. The van der Waals surface area contributed by atoms with Crippen molar-refractivity contribution in [3.05, 3.63) is 47.0 Å². The van der Waals surface area contributed by atoms with Crippen LogP contribution in [-0.2, 0) is 11.2 Å². The minimum Gasteiger partial charge on any atom is -0.379 e. The normalized spacial score (nSPS) is 33.4. The second kappa shape index (κ2) is 11.3. The highest BCUT2D eigenvalue weighted by Crippen LogP contribution is 2.50. The first-order valence-corrected chi connectivity index (χ1v) is 13.3. The highest BCUT2D eigenvalue weighted by Gasteiger charge is 2.39. The van der Waals surface area contributed by atoms with E-state index >= 15 is 0 Å². The van der Waals surface area contributed by atoms with Gasteiger partial charge in [-0.15, -0.1) is 0 Å². The lowest BCUT2D eigenvalue weighted by Gasteiger charge is -2.45. The summed E-state index contributed by atoms with van der Waals surface area (Å²) in [5, 5.41) is 0. The Morgan fingerprint density at radius 1 is 0.844 bits per heavy atom. The van der Waals surface area contributed by atoms with Gasteiger partial charge in [-0.2, -0.15) is 0 Å². The van der Waals surface area contributed by atoms with E-state index in [0.29, 0.717) is 24.9 Å². The minimum atomic E-state index is -0.349. The van der Waals surface area contributed by atoms with E-state index in [2.05, 4.69) is 6.92 Å². The van der Waals surface area contributed by atoms with Crippen LogP contribution in [0.25, 0.3) is 0 Å². The average molecular weight is 445 g/mol. The molecular formula is C29H42F2O. The summed E-state index contributed by atoms with van der Waals surface area (Å²) in [5.74, 6) is 2.97. The maximum atomic E-state index is 14.7. The van der Waals surface area contributed by atoms with Crippen LogP contribution in [-0.4, -0.2) is 12.7 Å². The van der Waals surface area contributed by atoms with Gasteiger partial charge in [0, 0.05) is 12.2 Å². The van der Waals surface area contributed by atoms with Crippen LogP contribution in [0.15, 0.2) is 24.3 Å². The molecule has 1 nitrogen and oxygen atoms in total. The summed E-state index contributed by atoms with van der Waals surface area (Å²) in [6, 6.07) is 3.28. The number of allylic oxidation sites excluding steroid dienone is 2. The smallest absolute Gasteiger partial charge is 0.129 e. The molecule has 0 heterocycles. The fourth-order valence-electron chi connectivity index (χ4n) is 7.11. The van der Waals surface area contributed by atoms with E-state index in [1.807, 2.05) is 19.1 Å². The van der Waals surface area contributed by atoms with Gasteiger partial charge in [-0.3, -0.25) is 0 Å². The van der Waals surface area contributed by atoms with Crippen molar-refractivity contribution in [2.24, 2.45) is 23.7 Å². The molecule has 0 amide bonds. The Bertz CT molecular complexity index is 741. The number of fused-ring (bicyclic) bond motifs is 1. The molecule has 3 heteroatoms. The molecule has 0 saturated heterocycles. The highest BCUT2D eigenvalue weighted by atomic mass is 19.1. The molecule has 178 valence electrons. The summed E-state index contributed by atoms with van der Waals surface area (Å²) in [6.07, 6.45) is 18.2. The van der Waals surface area contributed by atoms with Crippen LogP contribution in [0.3, 0.4) is 0 Å². The maximum Gasteiger partial charge on any atom is 0.129 e. The third-order valence-electron chi connectivity index (χ3n) is 8.87. The van der Waals surface area contributed by atoms with Crippen molar-refractivity contribution >= 4 is 0 Å². The monoisotopic (exact) mass is 444 g/mol. The van der Waals surface area contributed by atoms with Gasteiger partial charge in [0.2, 0.25) is 0 Å². The second-order valence-corrected chi connectivity index (χ2v) is 10.7. The zero-order chi connectivity index (χ0) is 22.5. The van der Waals surface area contributed by atoms with E-state index in [0.717, 1.165) is 48.7 Å². The predicted octanol–water partition coefficient (Wildman–Crippen LogP) is 8.37. The number of benzene rings is 1. The first-order valence-electron chi connectivity index (χ1n) is 13.3. The molecule has 0 N–H and O–H groups in total. The molecule has 3 saturated carbocycles. The molecule has 0 aromatic heterocycles. The lowest BCUT2D eigenvalue weighted by Crippen LogP contribution is -2.35. The van der Waals surface area contributed by atoms with Crippen LogP contribution < -0.4 is 0 Å². The molecule has 3 aliphatic carbocycles. The van der Waals surface area contributed by atoms with Crippen molar-refractivity contribution in [1.29, 1.82) is 0 Å². The average Bonchev–Trinajstić information content (AvgIpc) is 2.81. The summed E-state index contributed by atoms with van der Waals surface area (Å²) in [4.78, 5) is 0. The van der Waals surface area contributed by atoms with Crippen molar-refractivity contribution in [3.63, 3.8) is 0 Å². The van der Waals surface area contributed by atoms with Gasteiger partial charge in [0.1, 0.15) is 11.6 Å². The predicted molar refractivity (Wildman–Crippen MR) is 128 cm³/mol. The van der Waals surface area contributed by atoms with Crippen molar-refractivity contribution in [3.8, 4) is 0 Å². The summed E-state index contributed by atoms with van der Waals surface area (Å²) in [7, 11) is 0. The molecule has 4 unspecified atom stereocenters. The van der Waals surface area contributed by atoms with Crippen LogP contribution in [0.4, 0.5) is 8.78 Å². The topological polar surface area (TPSA) is 9.23 Å². The van der Waals surface area contributed by atoms with Crippen LogP contribution >= 0.6 is 0 Å². The third kappa shape index (κ3) is 5.64. The van der Waals surface area contributed by atoms with Gasteiger partial charge in [-0.25, -0.2) is 8.78 Å². The Morgan fingerprint density at radius 2 is 1.44 bits per heavy atom.